The third-order valence-corrected chi connectivity index (χ3v) is 6.63. The highest BCUT2D eigenvalue weighted by atomic mass is 14.7. The van der Waals surface area contributed by atoms with Crippen molar-refractivity contribution in [2.24, 2.45) is 35.3 Å². The summed E-state index contributed by atoms with van der Waals surface area (Å²) in [5.74, 6) is 4.68. The standard InChI is InChI=1S/C19H27N/c1-11-3-4-15(5-12(11)2)19(20)18-16-7-13-6-14(9-16)10-17(18)8-13/h3-5,13-14,16-19H,6-10,20H2,1-2H3. The van der Waals surface area contributed by atoms with Crippen LogP contribution in [0.25, 0.3) is 0 Å². The van der Waals surface area contributed by atoms with Crippen LogP contribution >= 0.6 is 0 Å². The molecule has 108 valence electrons. The third kappa shape index (κ3) is 1.94. The van der Waals surface area contributed by atoms with Gasteiger partial charge in [0, 0.05) is 6.04 Å². The van der Waals surface area contributed by atoms with E-state index in [1.807, 2.05) is 0 Å². The number of nitrogens with two attached hydrogens (primary N) is 1. The number of hydrogen-bond donors (Lipinski definition) is 1. The predicted molar refractivity (Wildman–Crippen MR) is 83.4 cm³/mol. The lowest BCUT2D eigenvalue weighted by molar-refractivity contribution is -0.0471. The molecule has 0 amide bonds. The molecule has 4 aliphatic carbocycles. The Kier molecular flexibility index (Phi) is 2.96. The smallest absolute Gasteiger partial charge is 0.0328 e. The minimum absolute atomic E-state index is 0.268. The van der Waals surface area contributed by atoms with Crippen molar-refractivity contribution in [3.63, 3.8) is 0 Å². The molecule has 4 saturated carbocycles. The predicted octanol–water partition coefficient (Wildman–Crippen LogP) is 4.38. The first kappa shape index (κ1) is 12.9. The van der Waals surface area contributed by atoms with Crippen molar-refractivity contribution < 1.29 is 0 Å². The van der Waals surface area contributed by atoms with Gasteiger partial charge in [-0.3, -0.25) is 0 Å². The molecule has 20 heavy (non-hydrogen) atoms. The maximum absolute atomic E-state index is 6.74. The van der Waals surface area contributed by atoms with Crippen LogP contribution in [0.1, 0.15) is 54.8 Å². The van der Waals surface area contributed by atoms with Crippen LogP contribution in [0.5, 0.6) is 0 Å². The molecule has 1 atom stereocenters. The Morgan fingerprint density at radius 2 is 1.50 bits per heavy atom. The molecule has 1 aromatic carbocycles. The average molecular weight is 269 g/mol. The zero-order valence-electron chi connectivity index (χ0n) is 12.8. The quantitative estimate of drug-likeness (QED) is 0.847. The van der Waals surface area contributed by atoms with Gasteiger partial charge < -0.3 is 5.73 Å². The largest absolute Gasteiger partial charge is 0.324 e. The van der Waals surface area contributed by atoms with Crippen molar-refractivity contribution in [1.29, 1.82) is 0 Å². The number of hydrogen-bond acceptors (Lipinski definition) is 1. The molecule has 0 aromatic heterocycles. The minimum atomic E-state index is 0.268. The zero-order chi connectivity index (χ0) is 13.9. The lowest BCUT2D eigenvalue weighted by Gasteiger charge is -2.56. The summed E-state index contributed by atoms with van der Waals surface area (Å²) in [7, 11) is 0. The summed E-state index contributed by atoms with van der Waals surface area (Å²) in [5.41, 5.74) is 10.9. The summed E-state index contributed by atoms with van der Waals surface area (Å²) in [6.45, 7) is 4.40. The van der Waals surface area contributed by atoms with Crippen LogP contribution in [0.15, 0.2) is 18.2 Å². The topological polar surface area (TPSA) is 26.0 Å². The second-order valence-electron chi connectivity index (χ2n) is 7.88. The second-order valence-corrected chi connectivity index (χ2v) is 7.88. The Morgan fingerprint density at radius 1 is 0.900 bits per heavy atom. The van der Waals surface area contributed by atoms with Crippen molar-refractivity contribution in [2.75, 3.05) is 0 Å². The van der Waals surface area contributed by atoms with Crippen LogP contribution < -0.4 is 5.73 Å². The first-order valence-corrected chi connectivity index (χ1v) is 8.44. The Bertz CT molecular complexity index is 490. The lowest BCUT2D eigenvalue weighted by atomic mass is 9.50. The van der Waals surface area contributed by atoms with Crippen LogP contribution in [-0.2, 0) is 0 Å². The summed E-state index contributed by atoms with van der Waals surface area (Å²) in [4.78, 5) is 0. The van der Waals surface area contributed by atoms with E-state index in [-0.39, 0.29) is 6.04 Å². The Labute approximate surface area is 122 Å². The normalized spacial score (nSPS) is 40.0. The first-order valence-electron chi connectivity index (χ1n) is 8.44. The van der Waals surface area contributed by atoms with E-state index in [1.54, 1.807) is 0 Å². The highest BCUT2D eigenvalue weighted by molar-refractivity contribution is 5.32. The van der Waals surface area contributed by atoms with Gasteiger partial charge in [-0.25, -0.2) is 0 Å². The summed E-state index contributed by atoms with van der Waals surface area (Å²) < 4.78 is 0. The van der Waals surface area contributed by atoms with E-state index >= 15 is 0 Å². The molecule has 4 aliphatic rings. The molecular formula is C19H27N. The molecule has 1 nitrogen and oxygen atoms in total. The molecule has 0 radical (unpaired) electrons. The molecule has 2 N–H and O–H groups in total. The molecule has 1 aromatic rings. The number of rotatable bonds is 2. The molecule has 0 spiro atoms. The summed E-state index contributed by atoms with van der Waals surface area (Å²) in [6.07, 6.45) is 7.40. The van der Waals surface area contributed by atoms with Gasteiger partial charge in [-0.05, 0) is 92.2 Å². The highest BCUT2D eigenvalue weighted by Gasteiger charge is 2.50. The molecule has 0 saturated heterocycles. The fourth-order valence-corrected chi connectivity index (χ4v) is 5.75. The van der Waals surface area contributed by atoms with Gasteiger partial charge in [-0.1, -0.05) is 18.2 Å². The van der Waals surface area contributed by atoms with Crippen molar-refractivity contribution >= 4 is 0 Å². The fraction of sp³-hybridized carbons (Fsp3) is 0.684. The second kappa shape index (κ2) is 4.59. The number of aryl methyl sites for hydroxylation is 2. The third-order valence-electron chi connectivity index (χ3n) is 6.63. The van der Waals surface area contributed by atoms with Crippen molar-refractivity contribution in [2.45, 2.75) is 52.0 Å². The van der Waals surface area contributed by atoms with Gasteiger partial charge >= 0.3 is 0 Å². The van der Waals surface area contributed by atoms with E-state index < -0.39 is 0 Å². The van der Waals surface area contributed by atoms with Crippen molar-refractivity contribution in [3.05, 3.63) is 34.9 Å². The fourth-order valence-electron chi connectivity index (χ4n) is 5.75. The van der Waals surface area contributed by atoms with E-state index in [1.165, 1.54) is 48.8 Å². The Morgan fingerprint density at radius 3 is 2.05 bits per heavy atom. The van der Waals surface area contributed by atoms with Crippen LogP contribution in [0, 0.1) is 43.4 Å². The van der Waals surface area contributed by atoms with E-state index in [0.717, 1.165) is 29.6 Å². The molecule has 5 rings (SSSR count). The van der Waals surface area contributed by atoms with Gasteiger partial charge in [0.05, 0.1) is 0 Å². The van der Waals surface area contributed by atoms with Gasteiger partial charge in [0.15, 0.2) is 0 Å². The van der Waals surface area contributed by atoms with E-state index in [2.05, 4.69) is 32.0 Å². The lowest BCUT2D eigenvalue weighted by Crippen LogP contribution is -2.48. The SMILES string of the molecule is Cc1ccc(C(N)C2C3CC4CC(C3)CC2C4)cc1C. The van der Waals surface area contributed by atoms with Gasteiger partial charge in [0.25, 0.3) is 0 Å². The maximum Gasteiger partial charge on any atom is 0.0328 e. The molecule has 0 heterocycles. The van der Waals surface area contributed by atoms with Crippen molar-refractivity contribution in [3.8, 4) is 0 Å². The van der Waals surface area contributed by atoms with Gasteiger partial charge in [-0.15, -0.1) is 0 Å². The van der Waals surface area contributed by atoms with Crippen LogP contribution in [-0.4, -0.2) is 0 Å². The van der Waals surface area contributed by atoms with E-state index in [9.17, 15) is 0 Å². The maximum atomic E-state index is 6.74. The van der Waals surface area contributed by atoms with Crippen LogP contribution in [0.2, 0.25) is 0 Å². The van der Waals surface area contributed by atoms with Gasteiger partial charge in [-0.2, -0.15) is 0 Å². The molecule has 1 unspecified atom stereocenters. The average Bonchev–Trinajstić information content (AvgIpc) is 2.40. The van der Waals surface area contributed by atoms with Crippen molar-refractivity contribution in [1.82, 2.24) is 0 Å². The molecular weight excluding hydrogens is 242 g/mol. The van der Waals surface area contributed by atoms with E-state index in [0.29, 0.717) is 0 Å². The summed E-state index contributed by atoms with van der Waals surface area (Å²) >= 11 is 0. The monoisotopic (exact) mass is 269 g/mol. The zero-order valence-corrected chi connectivity index (χ0v) is 12.8. The van der Waals surface area contributed by atoms with E-state index in [4.69, 9.17) is 5.73 Å². The Hall–Kier alpha value is -0.820. The van der Waals surface area contributed by atoms with Gasteiger partial charge in [0.2, 0.25) is 0 Å². The molecule has 4 fully saturated rings. The number of benzene rings is 1. The highest BCUT2D eigenvalue weighted by Crippen LogP contribution is 2.58. The van der Waals surface area contributed by atoms with Crippen LogP contribution in [0.3, 0.4) is 0 Å². The first-order chi connectivity index (χ1) is 9.61. The molecule has 1 heteroatoms. The van der Waals surface area contributed by atoms with Gasteiger partial charge in [0.1, 0.15) is 0 Å². The summed E-state index contributed by atoms with van der Waals surface area (Å²) in [5, 5.41) is 0. The molecule has 4 bridgehead atoms. The minimum Gasteiger partial charge on any atom is -0.324 e. The Balaban J connectivity index is 1.62. The molecule has 0 aliphatic heterocycles. The summed E-state index contributed by atoms with van der Waals surface area (Å²) in [6, 6.07) is 7.13. The van der Waals surface area contributed by atoms with Crippen LogP contribution in [0.4, 0.5) is 0 Å².